The summed E-state index contributed by atoms with van der Waals surface area (Å²) in [7, 11) is -3.13. The Morgan fingerprint density at radius 2 is 2.24 bits per heavy atom. The summed E-state index contributed by atoms with van der Waals surface area (Å²) >= 11 is 0. The number of sulfonamides is 1. The van der Waals surface area contributed by atoms with Gasteiger partial charge in [-0.15, -0.1) is 0 Å². The van der Waals surface area contributed by atoms with E-state index in [1.54, 1.807) is 18.2 Å². The quantitative estimate of drug-likeness (QED) is 0.857. The summed E-state index contributed by atoms with van der Waals surface area (Å²) in [6.45, 7) is 9.58. The molecule has 120 valence electrons. The fourth-order valence-corrected chi connectivity index (χ4v) is 4.13. The number of nitrogens with one attached hydrogen (secondary N) is 2. The van der Waals surface area contributed by atoms with E-state index in [2.05, 4.69) is 22.4 Å². The molecule has 1 saturated heterocycles. The number of aromatic amines is 1. The van der Waals surface area contributed by atoms with Crippen molar-refractivity contribution < 1.29 is 8.42 Å². The van der Waals surface area contributed by atoms with Crippen LogP contribution in [0.3, 0.4) is 0 Å². The lowest BCUT2D eigenvalue weighted by atomic mass is 9.95. The zero-order valence-corrected chi connectivity index (χ0v) is 14.1. The second-order valence-corrected chi connectivity index (χ2v) is 8.71. The predicted molar refractivity (Wildman–Crippen MR) is 83.4 cm³/mol. The van der Waals surface area contributed by atoms with Crippen LogP contribution >= 0.6 is 0 Å². The molecule has 0 aliphatic carbocycles. The van der Waals surface area contributed by atoms with Gasteiger partial charge in [0.1, 0.15) is 0 Å². The van der Waals surface area contributed by atoms with Gasteiger partial charge in [0.25, 0.3) is 0 Å². The number of hydrogen-bond donors (Lipinski definition) is 2. The van der Waals surface area contributed by atoms with Gasteiger partial charge in [-0.05, 0) is 33.1 Å². The summed E-state index contributed by atoms with van der Waals surface area (Å²) in [5, 5.41) is 10.1. The number of hydrogen-bond acceptors (Lipinski definition) is 4. The molecule has 0 saturated carbocycles. The molecule has 0 unspecified atom stereocenters. The van der Waals surface area contributed by atoms with Crippen LogP contribution in [0.1, 0.15) is 38.4 Å². The van der Waals surface area contributed by atoms with Crippen LogP contribution in [0.4, 0.5) is 0 Å². The molecule has 1 aliphatic heterocycles. The maximum absolute atomic E-state index is 12.2. The summed E-state index contributed by atoms with van der Waals surface area (Å²) in [5.74, 6) is 0.305. The second-order valence-electron chi connectivity index (χ2n) is 6.23. The minimum absolute atomic E-state index is 0.305. The first-order valence-corrected chi connectivity index (χ1v) is 9.04. The van der Waals surface area contributed by atoms with Gasteiger partial charge in [0.05, 0.1) is 11.4 Å². The molecule has 7 heteroatoms. The molecule has 2 atom stereocenters. The van der Waals surface area contributed by atoms with E-state index in [0.29, 0.717) is 25.0 Å². The van der Waals surface area contributed by atoms with Crippen molar-refractivity contribution >= 4 is 10.0 Å². The third kappa shape index (κ3) is 3.64. The highest BCUT2D eigenvalue weighted by atomic mass is 32.2. The molecule has 0 amide bonds. The number of aromatic nitrogens is 2. The minimum atomic E-state index is -3.13. The third-order valence-corrected chi connectivity index (χ3v) is 6.56. The standard InChI is InChI=1S/C14H26N4O2S/c1-10(2)21(19,20)18-6-5-14(11(3)9-18)15-7-13-8-16-17-12(13)4/h8,10-11,14-15H,5-7,9H2,1-4H3,(H,16,17)/t11-,14+/m0/s1. The normalized spacial score (nSPS) is 24.6. The Bertz CT molecular complexity index is 567. The van der Waals surface area contributed by atoms with Gasteiger partial charge in [0, 0.05) is 36.9 Å². The van der Waals surface area contributed by atoms with Crippen LogP contribution in [0.15, 0.2) is 6.20 Å². The number of rotatable bonds is 5. The highest BCUT2D eigenvalue weighted by Gasteiger charge is 2.33. The van der Waals surface area contributed by atoms with Crippen molar-refractivity contribution in [3.05, 3.63) is 17.5 Å². The summed E-state index contributed by atoms with van der Waals surface area (Å²) in [6.07, 6.45) is 2.69. The Morgan fingerprint density at radius 1 is 1.52 bits per heavy atom. The zero-order chi connectivity index (χ0) is 15.6. The summed E-state index contributed by atoms with van der Waals surface area (Å²) in [6, 6.07) is 0.345. The average molecular weight is 314 g/mol. The van der Waals surface area contributed by atoms with E-state index >= 15 is 0 Å². The molecule has 0 radical (unpaired) electrons. The van der Waals surface area contributed by atoms with Gasteiger partial charge in [-0.25, -0.2) is 12.7 Å². The monoisotopic (exact) mass is 314 g/mol. The number of nitrogens with zero attached hydrogens (tertiary/aromatic N) is 2. The van der Waals surface area contributed by atoms with Crippen LogP contribution in [-0.2, 0) is 16.6 Å². The fraction of sp³-hybridized carbons (Fsp3) is 0.786. The maximum atomic E-state index is 12.2. The molecule has 1 fully saturated rings. The van der Waals surface area contributed by atoms with Gasteiger partial charge >= 0.3 is 0 Å². The van der Waals surface area contributed by atoms with Crippen molar-refractivity contribution in [3.63, 3.8) is 0 Å². The van der Waals surface area contributed by atoms with E-state index in [4.69, 9.17) is 0 Å². The molecule has 6 nitrogen and oxygen atoms in total. The van der Waals surface area contributed by atoms with E-state index in [1.165, 1.54) is 5.56 Å². The van der Waals surface area contributed by atoms with E-state index in [1.807, 2.05) is 13.1 Å². The van der Waals surface area contributed by atoms with Crippen molar-refractivity contribution in [1.82, 2.24) is 19.8 Å². The van der Waals surface area contributed by atoms with E-state index in [0.717, 1.165) is 18.7 Å². The molecule has 1 aliphatic rings. The average Bonchev–Trinajstić information content (AvgIpc) is 2.82. The molecule has 2 heterocycles. The Kier molecular flexibility index (Phi) is 5.06. The molecule has 0 spiro atoms. The van der Waals surface area contributed by atoms with Crippen molar-refractivity contribution in [2.24, 2.45) is 5.92 Å². The van der Waals surface area contributed by atoms with Crippen LogP contribution in [-0.4, -0.2) is 47.3 Å². The van der Waals surface area contributed by atoms with E-state index in [-0.39, 0.29) is 5.25 Å². The number of H-pyrrole nitrogens is 1. The van der Waals surface area contributed by atoms with E-state index < -0.39 is 10.0 Å². The molecular weight excluding hydrogens is 288 g/mol. The number of aryl methyl sites for hydroxylation is 1. The molecule has 1 aromatic rings. The van der Waals surface area contributed by atoms with Crippen molar-refractivity contribution in [2.45, 2.75) is 52.0 Å². The van der Waals surface area contributed by atoms with Crippen LogP contribution in [0.5, 0.6) is 0 Å². The SMILES string of the molecule is Cc1[nH]ncc1CN[C@@H]1CCN(S(=O)(=O)C(C)C)C[C@@H]1C. The lowest BCUT2D eigenvalue weighted by molar-refractivity contribution is 0.218. The Labute approximate surface area is 127 Å². The maximum Gasteiger partial charge on any atom is 0.216 e. The molecule has 21 heavy (non-hydrogen) atoms. The topological polar surface area (TPSA) is 78.1 Å². The van der Waals surface area contributed by atoms with Crippen molar-refractivity contribution in [3.8, 4) is 0 Å². The fourth-order valence-electron chi connectivity index (χ4n) is 2.73. The molecule has 0 aromatic carbocycles. The van der Waals surface area contributed by atoms with Gasteiger partial charge in [0.2, 0.25) is 10.0 Å². The minimum Gasteiger partial charge on any atom is -0.309 e. The largest absolute Gasteiger partial charge is 0.309 e. The summed E-state index contributed by atoms with van der Waals surface area (Å²) in [4.78, 5) is 0. The Morgan fingerprint density at radius 3 is 2.76 bits per heavy atom. The van der Waals surface area contributed by atoms with Gasteiger partial charge in [-0.1, -0.05) is 6.92 Å². The highest BCUT2D eigenvalue weighted by Crippen LogP contribution is 2.22. The predicted octanol–water partition coefficient (Wildman–Crippen LogP) is 1.26. The van der Waals surface area contributed by atoms with Gasteiger partial charge in [-0.2, -0.15) is 5.10 Å². The van der Waals surface area contributed by atoms with Gasteiger partial charge in [0.15, 0.2) is 0 Å². The first-order chi connectivity index (χ1) is 9.82. The molecular formula is C14H26N4O2S. The van der Waals surface area contributed by atoms with Crippen molar-refractivity contribution in [1.29, 1.82) is 0 Å². The first-order valence-electron chi connectivity index (χ1n) is 7.53. The lowest BCUT2D eigenvalue weighted by Crippen LogP contribution is -2.51. The van der Waals surface area contributed by atoms with Crippen molar-refractivity contribution in [2.75, 3.05) is 13.1 Å². The van der Waals surface area contributed by atoms with E-state index in [9.17, 15) is 8.42 Å². The molecule has 0 bridgehead atoms. The van der Waals surface area contributed by atoms with Crippen LogP contribution in [0.2, 0.25) is 0 Å². The van der Waals surface area contributed by atoms with Gasteiger partial charge < -0.3 is 5.32 Å². The van der Waals surface area contributed by atoms with Gasteiger partial charge in [-0.3, -0.25) is 5.10 Å². The summed E-state index contributed by atoms with van der Waals surface area (Å²) in [5.41, 5.74) is 2.24. The van der Waals surface area contributed by atoms with Crippen LogP contribution < -0.4 is 5.32 Å². The Hall–Kier alpha value is -0.920. The smallest absolute Gasteiger partial charge is 0.216 e. The van der Waals surface area contributed by atoms with Crippen LogP contribution in [0, 0.1) is 12.8 Å². The van der Waals surface area contributed by atoms with Crippen LogP contribution in [0.25, 0.3) is 0 Å². The molecule has 2 rings (SSSR count). The Balaban J connectivity index is 1.91. The first kappa shape index (κ1) is 16.5. The highest BCUT2D eigenvalue weighted by molar-refractivity contribution is 7.89. The second kappa shape index (κ2) is 6.46. The molecule has 1 aromatic heterocycles. The lowest BCUT2D eigenvalue weighted by Gasteiger charge is -2.37. The molecule has 2 N–H and O–H groups in total. The summed E-state index contributed by atoms with van der Waals surface area (Å²) < 4.78 is 26.1. The third-order valence-electron chi connectivity index (χ3n) is 4.31. The number of piperidine rings is 1. The zero-order valence-electron chi connectivity index (χ0n) is 13.3.